The van der Waals surface area contributed by atoms with Crippen molar-refractivity contribution in [1.29, 1.82) is 0 Å². The first kappa shape index (κ1) is 16.4. The highest BCUT2D eigenvalue weighted by atomic mass is 16.7. The van der Waals surface area contributed by atoms with Crippen molar-refractivity contribution in [2.45, 2.75) is 18.6 Å². The van der Waals surface area contributed by atoms with Crippen LogP contribution in [0.3, 0.4) is 0 Å². The van der Waals surface area contributed by atoms with Crippen LogP contribution in [0, 0.1) is 0 Å². The van der Waals surface area contributed by atoms with E-state index in [9.17, 15) is 4.79 Å². The molecule has 0 unspecified atom stereocenters. The number of hydrogen-bond donors (Lipinski definition) is 0. The maximum absolute atomic E-state index is 13.0. The van der Waals surface area contributed by atoms with Crippen molar-refractivity contribution >= 4 is 17.1 Å². The fourth-order valence-corrected chi connectivity index (χ4v) is 3.85. The fourth-order valence-electron chi connectivity index (χ4n) is 3.85. The third-order valence-corrected chi connectivity index (χ3v) is 5.30. The minimum absolute atomic E-state index is 0.0297. The Kier molecular flexibility index (Phi) is 3.91. The van der Waals surface area contributed by atoms with Gasteiger partial charge in [-0.25, -0.2) is 9.97 Å². The summed E-state index contributed by atoms with van der Waals surface area (Å²) < 4.78 is 13.4. The third-order valence-electron chi connectivity index (χ3n) is 5.30. The minimum Gasteiger partial charge on any atom is -0.347 e. The van der Waals surface area contributed by atoms with Crippen molar-refractivity contribution in [3.8, 4) is 5.69 Å². The van der Waals surface area contributed by atoms with Gasteiger partial charge in [-0.1, -0.05) is 6.07 Å². The van der Waals surface area contributed by atoms with Crippen molar-refractivity contribution in [1.82, 2.24) is 19.4 Å². The summed E-state index contributed by atoms with van der Waals surface area (Å²) in [6.07, 6.45) is 4.91. The lowest BCUT2D eigenvalue weighted by atomic mass is 10.0. The van der Waals surface area contributed by atoms with Gasteiger partial charge in [0.1, 0.15) is 11.8 Å². The Labute approximate surface area is 156 Å². The highest BCUT2D eigenvalue weighted by Gasteiger charge is 2.40. The highest BCUT2D eigenvalue weighted by molar-refractivity contribution is 5.95. The molecule has 0 bridgehead atoms. The smallest absolute Gasteiger partial charge is 0.253 e. The van der Waals surface area contributed by atoms with Crippen molar-refractivity contribution in [3.63, 3.8) is 0 Å². The van der Waals surface area contributed by atoms with Gasteiger partial charge in [0.2, 0.25) is 0 Å². The number of ether oxygens (including phenoxy) is 2. The SMILES string of the molecule is O=C(c1cccc(-n2cnc3cccnc32)c1)N1CCC2(CC1)OCCO2. The number of pyridine rings is 1. The lowest BCUT2D eigenvalue weighted by Gasteiger charge is -2.37. The number of piperidine rings is 1. The number of nitrogens with zero attached hydrogens (tertiary/aromatic N) is 4. The third kappa shape index (κ3) is 2.89. The number of fused-ring (bicyclic) bond motifs is 1. The Morgan fingerprint density at radius 3 is 2.67 bits per heavy atom. The van der Waals surface area contributed by atoms with Gasteiger partial charge in [0, 0.05) is 43.4 Å². The van der Waals surface area contributed by atoms with E-state index in [4.69, 9.17) is 9.47 Å². The van der Waals surface area contributed by atoms with E-state index in [0.29, 0.717) is 44.7 Å². The minimum atomic E-state index is -0.472. The van der Waals surface area contributed by atoms with Gasteiger partial charge in [-0.05, 0) is 30.3 Å². The summed E-state index contributed by atoms with van der Waals surface area (Å²) in [7, 11) is 0. The normalized spacial score (nSPS) is 19.0. The summed E-state index contributed by atoms with van der Waals surface area (Å²) in [5.74, 6) is -0.442. The van der Waals surface area contributed by atoms with Gasteiger partial charge >= 0.3 is 0 Å². The molecule has 2 aromatic heterocycles. The Bertz CT molecular complexity index is 984. The highest BCUT2D eigenvalue weighted by Crippen LogP contribution is 2.31. The summed E-state index contributed by atoms with van der Waals surface area (Å²) in [6, 6.07) is 11.4. The van der Waals surface area contributed by atoms with Crippen LogP contribution in [0.2, 0.25) is 0 Å². The zero-order chi connectivity index (χ0) is 18.3. The van der Waals surface area contributed by atoms with E-state index in [-0.39, 0.29) is 5.91 Å². The van der Waals surface area contributed by atoms with E-state index < -0.39 is 5.79 Å². The summed E-state index contributed by atoms with van der Waals surface area (Å²) in [5.41, 5.74) is 3.14. The van der Waals surface area contributed by atoms with Crippen molar-refractivity contribution in [2.24, 2.45) is 0 Å². The van der Waals surface area contributed by atoms with E-state index in [1.54, 1.807) is 12.5 Å². The molecule has 27 heavy (non-hydrogen) atoms. The van der Waals surface area contributed by atoms with Crippen LogP contribution in [0.5, 0.6) is 0 Å². The predicted molar refractivity (Wildman–Crippen MR) is 98.6 cm³/mol. The lowest BCUT2D eigenvalue weighted by molar-refractivity contribution is -0.181. The second-order valence-corrected chi connectivity index (χ2v) is 6.91. The van der Waals surface area contributed by atoms with Crippen LogP contribution >= 0.6 is 0 Å². The Morgan fingerprint density at radius 1 is 1.04 bits per heavy atom. The molecule has 2 fully saturated rings. The largest absolute Gasteiger partial charge is 0.347 e. The molecule has 0 N–H and O–H groups in total. The standard InChI is InChI=1S/C20H20N4O3/c25-19(23-9-6-20(7-10-23)26-11-12-27-20)15-3-1-4-16(13-15)24-14-22-17-5-2-8-21-18(17)24/h1-5,8,13-14H,6-7,9-12H2. The van der Waals surface area contributed by atoms with Crippen LogP contribution in [0.4, 0.5) is 0 Å². The number of carbonyl (C=O) groups is 1. The molecule has 4 heterocycles. The molecule has 1 spiro atoms. The first-order chi connectivity index (χ1) is 13.2. The molecule has 0 saturated carbocycles. The summed E-state index contributed by atoms with van der Waals surface area (Å²) in [6.45, 7) is 2.56. The quantitative estimate of drug-likeness (QED) is 0.698. The van der Waals surface area contributed by atoms with Crippen LogP contribution in [-0.2, 0) is 9.47 Å². The fraction of sp³-hybridized carbons (Fsp3) is 0.350. The van der Waals surface area contributed by atoms with Crippen LogP contribution in [0.15, 0.2) is 48.9 Å². The predicted octanol–water partition coefficient (Wildman–Crippen LogP) is 2.40. The van der Waals surface area contributed by atoms with E-state index in [0.717, 1.165) is 16.9 Å². The first-order valence-corrected chi connectivity index (χ1v) is 9.20. The number of likely N-dealkylation sites (tertiary alicyclic amines) is 1. The zero-order valence-corrected chi connectivity index (χ0v) is 14.9. The molecule has 2 saturated heterocycles. The number of hydrogen-bond acceptors (Lipinski definition) is 5. The Hall–Kier alpha value is -2.77. The average molecular weight is 364 g/mol. The number of rotatable bonds is 2. The maximum atomic E-state index is 13.0. The molecular formula is C20H20N4O3. The molecule has 7 nitrogen and oxygen atoms in total. The molecule has 1 amide bonds. The number of carbonyl (C=O) groups excluding carboxylic acids is 1. The van der Waals surface area contributed by atoms with Gasteiger partial charge in [0.05, 0.1) is 13.2 Å². The van der Waals surface area contributed by atoms with Gasteiger partial charge in [-0.15, -0.1) is 0 Å². The topological polar surface area (TPSA) is 69.5 Å². The van der Waals surface area contributed by atoms with Crippen molar-refractivity contribution < 1.29 is 14.3 Å². The van der Waals surface area contributed by atoms with Gasteiger partial charge < -0.3 is 14.4 Å². The van der Waals surface area contributed by atoms with E-state index in [1.165, 1.54) is 0 Å². The van der Waals surface area contributed by atoms with Crippen LogP contribution in [0.25, 0.3) is 16.9 Å². The van der Waals surface area contributed by atoms with Crippen LogP contribution in [-0.4, -0.2) is 57.4 Å². The summed E-state index contributed by atoms with van der Waals surface area (Å²) >= 11 is 0. The Morgan fingerprint density at radius 2 is 1.85 bits per heavy atom. The molecule has 0 aliphatic carbocycles. The molecule has 1 aromatic carbocycles. The number of benzene rings is 1. The van der Waals surface area contributed by atoms with Crippen molar-refractivity contribution in [2.75, 3.05) is 26.3 Å². The second kappa shape index (κ2) is 6.44. The van der Waals surface area contributed by atoms with Gasteiger partial charge in [0.25, 0.3) is 5.91 Å². The molecule has 0 atom stereocenters. The summed E-state index contributed by atoms with van der Waals surface area (Å²) in [4.78, 5) is 23.6. The molecule has 138 valence electrons. The number of aromatic nitrogens is 3. The van der Waals surface area contributed by atoms with E-state index >= 15 is 0 Å². The molecule has 3 aromatic rings. The molecular weight excluding hydrogens is 344 g/mol. The number of imidazole rings is 1. The van der Waals surface area contributed by atoms with Crippen LogP contribution in [0.1, 0.15) is 23.2 Å². The van der Waals surface area contributed by atoms with Gasteiger partial charge in [0.15, 0.2) is 11.4 Å². The van der Waals surface area contributed by atoms with Gasteiger partial charge in [-0.3, -0.25) is 9.36 Å². The van der Waals surface area contributed by atoms with Crippen molar-refractivity contribution in [3.05, 3.63) is 54.5 Å². The molecule has 7 heteroatoms. The second-order valence-electron chi connectivity index (χ2n) is 6.91. The zero-order valence-electron chi connectivity index (χ0n) is 14.9. The summed E-state index contributed by atoms with van der Waals surface area (Å²) in [5, 5.41) is 0. The monoisotopic (exact) mass is 364 g/mol. The van der Waals surface area contributed by atoms with Gasteiger partial charge in [-0.2, -0.15) is 0 Å². The first-order valence-electron chi connectivity index (χ1n) is 9.20. The number of amides is 1. The van der Waals surface area contributed by atoms with E-state index in [1.807, 2.05) is 45.9 Å². The Balaban J connectivity index is 1.38. The molecule has 0 radical (unpaired) electrons. The molecule has 2 aliphatic heterocycles. The maximum Gasteiger partial charge on any atom is 0.253 e. The van der Waals surface area contributed by atoms with Crippen LogP contribution < -0.4 is 0 Å². The lowest BCUT2D eigenvalue weighted by Crippen LogP contribution is -2.47. The van der Waals surface area contributed by atoms with E-state index in [2.05, 4.69) is 9.97 Å². The molecule has 2 aliphatic rings. The average Bonchev–Trinajstić information content (AvgIpc) is 3.35. The molecule has 5 rings (SSSR count).